The van der Waals surface area contributed by atoms with Crippen LogP contribution in [0.25, 0.3) is 0 Å². The van der Waals surface area contributed by atoms with Crippen molar-refractivity contribution in [1.82, 2.24) is 4.90 Å². The first-order valence-electron chi connectivity index (χ1n) is 10.1. The van der Waals surface area contributed by atoms with Crippen molar-refractivity contribution in [3.05, 3.63) is 64.7 Å². The van der Waals surface area contributed by atoms with E-state index < -0.39 is 23.3 Å². The third-order valence-electron chi connectivity index (χ3n) is 7.14. The number of rotatable bonds is 1. The van der Waals surface area contributed by atoms with Crippen LogP contribution < -0.4 is 4.90 Å². The molecule has 6 nitrogen and oxygen atoms in total. The normalized spacial score (nSPS) is 29.1. The summed E-state index contributed by atoms with van der Waals surface area (Å²) in [5, 5.41) is 0.405. The molecule has 0 unspecified atom stereocenters. The lowest BCUT2D eigenvalue weighted by molar-refractivity contribution is -0.124. The number of Topliss-reactive ketones (excluding diaryl/α,β-unsaturated/α-hetero) is 2. The fourth-order valence-electron chi connectivity index (χ4n) is 6.11. The molecule has 7 heteroatoms. The quantitative estimate of drug-likeness (QED) is 0.524. The number of carbonyl (C=O) groups excluding carboxylic acids is 4. The Morgan fingerprint density at radius 3 is 2.27 bits per heavy atom. The van der Waals surface area contributed by atoms with Gasteiger partial charge in [-0.1, -0.05) is 41.9 Å². The zero-order valence-electron chi connectivity index (χ0n) is 15.9. The summed E-state index contributed by atoms with van der Waals surface area (Å²) >= 11 is 6.09. The van der Waals surface area contributed by atoms with Crippen LogP contribution in [0.15, 0.2) is 48.5 Å². The molecule has 3 aliphatic heterocycles. The smallest absolute Gasteiger partial charge is 0.240 e. The Morgan fingerprint density at radius 1 is 0.900 bits per heavy atom. The van der Waals surface area contributed by atoms with E-state index in [0.29, 0.717) is 34.8 Å². The van der Waals surface area contributed by atoms with Gasteiger partial charge in [-0.3, -0.25) is 24.1 Å². The largest absolute Gasteiger partial charge is 0.291 e. The molecule has 3 saturated heterocycles. The number of halogens is 1. The zero-order chi connectivity index (χ0) is 20.8. The maximum Gasteiger partial charge on any atom is 0.240 e. The van der Waals surface area contributed by atoms with E-state index >= 15 is 0 Å². The fraction of sp³-hybridized carbons (Fsp3) is 0.304. The number of hydrogen-bond acceptors (Lipinski definition) is 5. The predicted molar refractivity (Wildman–Crippen MR) is 108 cm³/mol. The number of anilines is 1. The highest BCUT2D eigenvalue weighted by molar-refractivity contribution is 6.38. The lowest BCUT2D eigenvalue weighted by Crippen LogP contribution is -2.59. The SMILES string of the molecule is O=C1[C@H]2[C@H]3CCCN3C3(C(=O)c4ccccc4C3=O)[C@H]2C(=O)N1c1cccc(Cl)c1. The molecule has 1 spiro atoms. The molecule has 0 saturated carbocycles. The maximum absolute atomic E-state index is 13.7. The number of nitrogens with zero attached hydrogens (tertiary/aromatic N) is 2. The van der Waals surface area contributed by atoms with Crippen molar-refractivity contribution < 1.29 is 19.2 Å². The number of hydrogen-bond donors (Lipinski definition) is 0. The second-order valence-electron chi connectivity index (χ2n) is 8.37. The first-order valence-corrected chi connectivity index (χ1v) is 10.4. The van der Waals surface area contributed by atoms with Crippen molar-refractivity contribution in [3.8, 4) is 0 Å². The van der Waals surface area contributed by atoms with Crippen LogP contribution in [-0.2, 0) is 9.59 Å². The lowest BCUT2D eigenvalue weighted by Gasteiger charge is -2.35. The molecule has 2 aromatic rings. The van der Waals surface area contributed by atoms with Gasteiger partial charge in [0.15, 0.2) is 17.1 Å². The third-order valence-corrected chi connectivity index (χ3v) is 7.38. The molecule has 0 N–H and O–H groups in total. The van der Waals surface area contributed by atoms with Crippen LogP contribution in [0.3, 0.4) is 0 Å². The highest BCUT2D eigenvalue weighted by Crippen LogP contribution is 2.57. The van der Waals surface area contributed by atoms with E-state index in [1.54, 1.807) is 48.5 Å². The van der Waals surface area contributed by atoms with Gasteiger partial charge < -0.3 is 0 Å². The Hall–Kier alpha value is -2.83. The van der Waals surface area contributed by atoms with Crippen LogP contribution >= 0.6 is 11.6 Å². The molecule has 2 amide bonds. The summed E-state index contributed by atoms with van der Waals surface area (Å²) in [5.74, 6) is -3.26. The van der Waals surface area contributed by atoms with Crippen LogP contribution in [0.1, 0.15) is 33.6 Å². The van der Waals surface area contributed by atoms with E-state index in [1.165, 1.54) is 0 Å². The van der Waals surface area contributed by atoms with Gasteiger partial charge in [0.25, 0.3) is 0 Å². The molecule has 4 aliphatic rings. The highest BCUT2D eigenvalue weighted by Gasteiger charge is 2.76. The molecule has 0 radical (unpaired) electrons. The van der Waals surface area contributed by atoms with E-state index in [9.17, 15) is 19.2 Å². The van der Waals surface area contributed by atoms with Gasteiger partial charge in [-0.25, -0.2) is 4.90 Å². The molecular weight excluding hydrogens is 404 g/mol. The lowest BCUT2D eigenvalue weighted by atomic mass is 9.76. The number of ketones is 2. The molecule has 3 atom stereocenters. The molecule has 30 heavy (non-hydrogen) atoms. The first-order chi connectivity index (χ1) is 14.5. The van der Waals surface area contributed by atoms with Crippen molar-refractivity contribution in [2.75, 3.05) is 11.4 Å². The molecule has 0 aromatic heterocycles. The standard InChI is InChI=1S/C23H17ClN2O4/c24-12-5-3-6-13(11-12)26-21(29)17-16-9-4-10-25(16)23(18(17)22(26)30)19(27)14-7-1-2-8-15(14)20(23)28/h1-3,5-8,11,16-18H,4,9-10H2/t16-,17+,18-/m1/s1. The minimum absolute atomic E-state index is 0.294. The number of imide groups is 1. The average Bonchev–Trinajstić information content (AvgIpc) is 3.43. The Bertz CT molecular complexity index is 1140. The predicted octanol–water partition coefficient (Wildman–Crippen LogP) is 2.74. The van der Waals surface area contributed by atoms with Gasteiger partial charge in [0, 0.05) is 22.2 Å². The van der Waals surface area contributed by atoms with Gasteiger partial charge in [0.1, 0.15) is 0 Å². The second-order valence-corrected chi connectivity index (χ2v) is 8.80. The molecule has 0 bridgehead atoms. The summed E-state index contributed by atoms with van der Waals surface area (Å²) in [7, 11) is 0. The third kappa shape index (κ3) is 1.89. The number of benzene rings is 2. The van der Waals surface area contributed by atoms with Gasteiger partial charge in [-0.15, -0.1) is 0 Å². The summed E-state index contributed by atoms with van der Waals surface area (Å²) in [6.45, 7) is 0.529. The van der Waals surface area contributed by atoms with Crippen LogP contribution in [0.4, 0.5) is 5.69 Å². The summed E-state index contributed by atoms with van der Waals surface area (Å²) in [6.07, 6.45) is 1.47. The molecule has 150 valence electrons. The number of carbonyl (C=O) groups is 4. The van der Waals surface area contributed by atoms with E-state index in [1.807, 2.05) is 4.90 Å². The van der Waals surface area contributed by atoms with Gasteiger partial charge in [0.05, 0.1) is 17.5 Å². The summed E-state index contributed by atoms with van der Waals surface area (Å²) in [4.78, 5) is 57.6. The van der Waals surface area contributed by atoms with E-state index in [2.05, 4.69) is 0 Å². The van der Waals surface area contributed by atoms with Crippen LogP contribution in [-0.4, -0.2) is 46.4 Å². The Kier molecular flexibility index (Phi) is 3.51. The van der Waals surface area contributed by atoms with Crippen molar-refractivity contribution >= 4 is 40.7 Å². The van der Waals surface area contributed by atoms with Crippen molar-refractivity contribution in [3.63, 3.8) is 0 Å². The van der Waals surface area contributed by atoms with Crippen molar-refractivity contribution in [2.24, 2.45) is 11.8 Å². The van der Waals surface area contributed by atoms with Crippen LogP contribution in [0, 0.1) is 11.8 Å². The van der Waals surface area contributed by atoms with Gasteiger partial charge in [0.2, 0.25) is 11.8 Å². The maximum atomic E-state index is 13.7. The van der Waals surface area contributed by atoms with E-state index in [-0.39, 0.29) is 23.5 Å². The van der Waals surface area contributed by atoms with Gasteiger partial charge >= 0.3 is 0 Å². The molecular formula is C23H17ClN2O4. The molecule has 3 fully saturated rings. The molecule has 1 aliphatic carbocycles. The minimum atomic E-state index is -1.62. The van der Waals surface area contributed by atoms with Crippen LogP contribution in [0.2, 0.25) is 5.02 Å². The zero-order valence-corrected chi connectivity index (χ0v) is 16.6. The highest BCUT2D eigenvalue weighted by atomic mass is 35.5. The summed E-state index contributed by atoms with van der Waals surface area (Å²) in [5.41, 5.74) is -0.553. The molecule has 6 rings (SSSR count). The van der Waals surface area contributed by atoms with Crippen molar-refractivity contribution in [1.29, 1.82) is 0 Å². The Balaban J connectivity index is 1.55. The molecule has 2 aromatic carbocycles. The minimum Gasteiger partial charge on any atom is -0.291 e. The van der Waals surface area contributed by atoms with Gasteiger partial charge in [-0.2, -0.15) is 0 Å². The van der Waals surface area contributed by atoms with E-state index in [4.69, 9.17) is 11.6 Å². The summed E-state index contributed by atoms with van der Waals surface area (Å²) < 4.78 is 0. The summed E-state index contributed by atoms with van der Waals surface area (Å²) in [6, 6.07) is 13.0. The average molecular weight is 421 g/mol. The number of fused-ring (bicyclic) bond motifs is 6. The first kappa shape index (κ1) is 18.0. The monoisotopic (exact) mass is 420 g/mol. The molecule has 3 heterocycles. The number of amides is 2. The van der Waals surface area contributed by atoms with Crippen molar-refractivity contribution in [2.45, 2.75) is 24.4 Å². The topological polar surface area (TPSA) is 74.8 Å². The van der Waals surface area contributed by atoms with Crippen LogP contribution in [0.5, 0.6) is 0 Å². The van der Waals surface area contributed by atoms with E-state index in [0.717, 1.165) is 11.3 Å². The fourth-order valence-corrected chi connectivity index (χ4v) is 6.29. The van der Waals surface area contributed by atoms with Gasteiger partial charge in [-0.05, 0) is 37.6 Å². The Labute approximate surface area is 177 Å². The second kappa shape index (κ2) is 5.86. The Morgan fingerprint density at radius 2 is 1.60 bits per heavy atom.